The molecular weight excluding hydrogens is 314 g/mol. The topological polar surface area (TPSA) is 66.6 Å². The van der Waals surface area contributed by atoms with Crippen LogP contribution < -0.4 is 5.73 Å². The maximum atomic E-state index is 12.4. The van der Waals surface area contributed by atoms with Gasteiger partial charge in [0.1, 0.15) is 0 Å². The summed E-state index contributed by atoms with van der Waals surface area (Å²) in [6, 6.07) is 7.80. The Morgan fingerprint density at radius 2 is 1.87 bits per heavy atom. The highest BCUT2D eigenvalue weighted by atomic mass is 35.5. The number of likely N-dealkylation sites (N-methyl/N-ethyl adjacent to an activating group) is 1. The minimum absolute atomic E-state index is 0.0928. The Kier molecular flexibility index (Phi) is 6.02. The second-order valence-electron chi connectivity index (χ2n) is 6.20. The van der Waals surface area contributed by atoms with Crippen molar-refractivity contribution in [1.82, 2.24) is 9.80 Å². The average Bonchev–Trinajstić information content (AvgIpc) is 2.54. The Bertz CT molecular complexity index is 553. The Morgan fingerprint density at radius 3 is 2.39 bits per heavy atom. The number of nitrogens with zero attached hydrogens (tertiary/aromatic N) is 2. The van der Waals surface area contributed by atoms with Crippen LogP contribution in [0, 0.1) is 5.92 Å². The van der Waals surface area contributed by atoms with Crippen molar-refractivity contribution in [3.05, 3.63) is 34.9 Å². The number of hydrogen-bond donors (Lipinski definition) is 1. The summed E-state index contributed by atoms with van der Waals surface area (Å²) in [4.78, 5) is 27.4. The summed E-state index contributed by atoms with van der Waals surface area (Å²) in [7, 11) is 1.94. The zero-order valence-corrected chi connectivity index (χ0v) is 14.4. The minimum Gasteiger partial charge on any atom is -0.369 e. The standard InChI is InChI=1S/C17H24ClN3O2/c1-12(13-3-5-15(18)6-4-13)20(2)11-16(22)21-9-7-14(8-10-21)17(19)23/h3-6,12,14H,7-11H2,1-2H3,(H2,19,23). The highest BCUT2D eigenvalue weighted by Gasteiger charge is 2.26. The normalized spacial score (nSPS) is 17.3. The Morgan fingerprint density at radius 1 is 1.30 bits per heavy atom. The number of hydrogen-bond acceptors (Lipinski definition) is 3. The predicted molar refractivity (Wildman–Crippen MR) is 91.0 cm³/mol. The number of nitrogens with two attached hydrogens (primary N) is 1. The second-order valence-corrected chi connectivity index (χ2v) is 6.64. The van der Waals surface area contributed by atoms with Crippen LogP contribution in [0.15, 0.2) is 24.3 Å². The van der Waals surface area contributed by atoms with Crippen LogP contribution in [0.3, 0.4) is 0 Å². The van der Waals surface area contributed by atoms with Gasteiger partial charge in [0.25, 0.3) is 0 Å². The van der Waals surface area contributed by atoms with Crippen LogP contribution in [0.25, 0.3) is 0 Å². The quantitative estimate of drug-likeness (QED) is 0.894. The third-order valence-electron chi connectivity index (χ3n) is 4.65. The van der Waals surface area contributed by atoms with Gasteiger partial charge in [-0.15, -0.1) is 0 Å². The van der Waals surface area contributed by atoms with E-state index >= 15 is 0 Å². The molecule has 0 spiro atoms. The molecule has 5 nitrogen and oxygen atoms in total. The van der Waals surface area contributed by atoms with Crippen LogP contribution in [-0.4, -0.2) is 48.3 Å². The highest BCUT2D eigenvalue weighted by molar-refractivity contribution is 6.30. The van der Waals surface area contributed by atoms with Crippen LogP contribution in [0.4, 0.5) is 0 Å². The van der Waals surface area contributed by atoms with Gasteiger partial charge in [-0.05, 0) is 44.5 Å². The first kappa shape index (κ1) is 17.8. The second kappa shape index (κ2) is 7.79. The molecule has 6 heteroatoms. The molecule has 1 fully saturated rings. The summed E-state index contributed by atoms with van der Waals surface area (Å²) in [5.41, 5.74) is 6.45. The van der Waals surface area contributed by atoms with Crippen molar-refractivity contribution < 1.29 is 9.59 Å². The summed E-state index contributed by atoms with van der Waals surface area (Å²) in [6.45, 7) is 3.63. The number of piperidine rings is 1. The molecule has 1 atom stereocenters. The van der Waals surface area contributed by atoms with E-state index in [9.17, 15) is 9.59 Å². The number of rotatable bonds is 5. The van der Waals surface area contributed by atoms with Crippen molar-refractivity contribution in [2.24, 2.45) is 11.7 Å². The van der Waals surface area contributed by atoms with Gasteiger partial charge in [0, 0.05) is 30.1 Å². The number of carbonyl (C=O) groups excluding carboxylic acids is 2. The van der Waals surface area contributed by atoms with Crippen molar-refractivity contribution in [3.8, 4) is 0 Å². The molecule has 2 N–H and O–H groups in total. The van der Waals surface area contributed by atoms with E-state index in [0.717, 1.165) is 5.56 Å². The van der Waals surface area contributed by atoms with Gasteiger partial charge in [-0.25, -0.2) is 0 Å². The molecule has 1 heterocycles. The van der Waals surface area contributed by atoms with Crippen molar-refractivity contribution in [1.29, 1.82) is 0 Å². The molecule has 1 aliphatic heterocycles. The SMILES string of the molecule is CC(c1ccc(Cl)cc1)N(C)CC(=O)N1CCC(C(N)=O)CC1. The molecule has 126 valence electrons. The molecule has 0 aliphatic carbocycles. The van der Waals surface area contributed by atoms with Crippen molar-refractivity contribution in [3.63, 3.8) is 0 Å². The molecule has 0 aromatic heterocycles. The zero-order chi connectivity index (χ0) is 17.0. The number of carbonyl (C=O) groups is 2. The van der Waals surface area contributed by atoms with E-state index in [-0.39, 0.29) is 23.8 Å². The first-order valence-electron chi connectivity index (χ1n) is 7.91. The Hall–Kier alpha value is -1.59. The van der Waals surface area contributed by atoms with E-state index in [1.165, 1.54) is 0 Å². The van der Waals surface area contributed by atoms with Crippen molar-refractivity contribution >= 4 is 23.4 Å². The van der Waals surface area contributed by atoms with Gasteiger partial charge < -0.3 is 10.6 Å². The van der Waals surface area contributed by atoms with Gasteiger partial charge in [0.2, 0.25) is 11.8 Å². The predicted octanol–water partition coefficient (Wildman–Crippen LogP) is 2.06. The lowest BCUT2D eigenvalue weighted by Crippen LogP contribution is -2.45. The van der Waals surface area contributed by atoms with E-state index in [0.29, 0.717) is 37.5 Å². The smallest absolute Gasteiger partial charge is 0.236 e. The lowest BCUT2D eigenvalue weighted by Gasteiger charge is -2.33. The number of primary amides is 1. The first-order chi connectivity index (χ1) is 10.9. The fourth-order valence-electron chi connectivity index (χ4n) is 2.86. The summed E-state index contributed by atoms with van der Waals surface area (Å²) < 4.78 is 0. The van der Waals surface area contributed by atoms with Crippen molar-refractivity contribution in [2.75, 3.05) is 26.7 Å². The monoisotopic (exact) mass is 337 g/mol. The maximum absolute atomic E-state index is 12.4. The van der Waals surface area contributed by atoms with E-state index < -0.39 is 0 Å². The van der Waals surface area contributed by atoms with Crippen LogP contribution in [0.1, 0.15) is 31.4 Å². The molecule has 1 unspecified atom stereocenters. The lowest BCUT2D eigenvalue weighted by molar-refractivity contribution is -0.136. The highest BCUT2D eigenvalue weighted by Crippen LogP contribution is 2.22. The van der Waals surface area contributed by atoms with Crippen molar-refractivity contribution in [2.45, 2.75) is 25.8 Å². The third-order valence-corrected chi connectivity index (χ3v) is 4.90. The van der Waals surface area contributed by atoms with E-state index in [1.807, 2.05) is 41.1 Å². The molecule has 2 amide bonds. The number of benzene rings is 1. The van der Waals surface area contributed by atoms with Gasteiger partial charge in [-0.3, -0.25) is 14.5 Å². The molecule has 0 bridgehead atoms. The van der Waals surface area contributed by atoms with E-state index in [2.05, 4.69) is 6.92 Å². The number of amides is 2. The number of likely N-dealkylation sites (tertiary alicyclic amines) is 1. The van der Waals surface area contributed by atoms with Gasteiger partial charge in [-0.2, -0.15) is 0 Å². The number of halogens is 1. The van der Waals surface area contributed by atoms with Crippen LogP contribution in [-0.2, 0) is 9.59 Å². The molecule has 1 aromatic carbocycles. The molecule has 1 aliphatic rings. The molecule has 1 aromatic rings. The Labute approximate surface area is 142 Å². The largest absolute Gasteiger partial charge is 0.369 e. The molecule has 0 saturated carbocycles. The molecule has 1 saturated heterocycles. The molecule has 2 rings (SSSR count). The lowest BCUT2D eigenvalue weighted by atomic mass is 9.96. The summed E-state index contributed by atoms with van der Waals surface area (Å²) in [5.74, 6) is -0.258. The van der Waals surface area contributed by atoms with Gasteiger partial charge in [0.15, 0.2) is 0 Å². The summed E-state index contributed by atoms with van der Waals surface area (Å²) in [5, 5.41) is 0.706. The molecular formula is C17H24ClN3O2. The van der Waals surface area contributed by atoms with Gasteiger partial charge in [0.05, 0.1) is 6.54 Å². The summed E-state index contributed by atoms with van der Waals surface area (Å²) >= 11 is 5.91. The minimum atomic E-state index is -0.259. The average molecular weight is 338 g/mol. The fraction of sp³-hybridized carbons (Fsp3) is 0.529. The van der Waals surface area contributed by atoms with Gasteiger partial charge in [-0.1, -0.05) is 23.7 Å². The van der Waals surface area contributed by atoms with Crippen LogP contribution in [0.5, 0.6) is 0 Å². The van der Waals surface area contributed by atoms with Crippen LogP contribution >= 0.6 is 11.6 Å². The van der Waals surface area contributed by atoms with Crippen LogP contribution in [0.2, 0.25) is 5.02 Å². The zero-order valence-electron chi connectivity index (χ0n) is 13.7. The Balaban J connectivity index is 1.87. The first-order valence-corrected chi connectivity index (χ1v) is 8.29. The molecule has 23 heavy (non-hydrogen) atoms. The molecule has 0 radical (unpaired) electrons. The maximum Gasteiger partial charge on any atom is 0.236 e. The summed E-state index contributed by atoms with van der Waals surface area (Å²) in [6.07, 6.45) is 1.33. The third kappa shape index (κ3) is 4.69. The van der Waals surface area contributed by atoms with E-state index in [4.69, 9.17) is 17.3 Å². The fourth-order valence-corrected chi connectivity index (χ4v) is 2.99. The van der Waals surface area contributed by atoms with E-state index in [1.54, 1.807) is 0 Å². The van der Waals surface area contributed by atoms with Gasteiger partial charge >= 0.3 is 0 Å².